The lowest BCUT2D eigenvalue weighted by Crippen LogP contribution is -2.07. The number of nitrogens with two attached hydrogens (primary N) is 1. The molecule has 0 aliphatic heterocycles. The molecule has 1 rings (SSSR count). The Hall–Kier alpha value is -1.16. The summed E-state index contributed by atoms with van der Waals surface area (Å²) in [5.74, 6) is -0.378. The molecule has 1 atom stereocenters. The molecule has 17 heavy (non-hydrogen) atoms. The van der Waals surface area contributed by atoms with Crippen LogP contribution in [-0.2, 0) is 4.74 Å². The van der Waals surface area contributed by atoms with Gasteiger partial charge in [0.2, 0.25) is 0 Å². The van der Waals surface area contributed by atoms with Gasteiger partial charge in [-0.15, -0.1) is 11.8 Å². The number of nitrogen functional groups attached to an aromatic ring is 1. The fraction of sp³-hybridized carbons (Fsp3) is 0.462. The van der Waals surface area contributed by atoms with Gasteiger partial charge in [0.05, 0.1) is 12.7 Å². The predicted octanol–water partition coefficient (Wildman–Crippen LogP) is 3.25. The first-order valence-electron chi connectivity index (χ1n) is 5.64. The number of hydrogen-bond donors (Lipinski definition) is 1. The van der Waals surface area contributed by atoms with E-state index in [1.807, 2.05) is 19.1 Å². The number of anilines is 1. The van der Waals surface area contributed by atoms with Gasteiger partial charge in [0.15, 0.2) is 0 Å². The molecule has 0 bridgehead atoms. The minimum absolute atomic E-state index is 0.378. The standard InChI is InChI=1S/C13H19NO2S/c1-5-9(3)17-10-6-8(2)12(14)11(7-10)13(15)16-4/h6-7,9H,5,14H2,1-4H3. The number of thioether (sulfide) groups is 1. The Kier molecular flexibility index (Phi) is 4.87. The predicted molar refractivity (Wildman–Crippen MR) is 72.5 cm³/mol. The number of rotatable bonds is 4. The van der Waals surface area contributed by atoms with Gasteiger partial charge in [-0.1, -0.05) is 13.8 Å². The lowest BCUT2D eigenvalue weighted by Gasteiger charge is -2.12. The fourth-order valence-electron chi connectivity index (χ4n) is 1.43. The van der Waals surface area contributed by atoms with Gasteiger partial charge in [0.1, 0.15) is 0 Å². The van der Waals surface area contributed by atoms with Crippen LogP contribution in [-0.4, -0.2) is 18.3 Å². The van der Waals surface area contributed by atoms with Crippen LogP contribution in [0, 0.1) is 6.92 Å². The molecule has 0 spiro atoms. The Balaban J connectivity index is 3.10. The average molecular weight is 253 g/mol. The summed E-state index contributed by atoms with van der Waals surface area (Å²) in [7, 11) is 1.37. The van der Waals surface area contributed by atoms with Crippen LogP contribution in [0.25, 0.3) is 0 Å². The summed E-state index contributed by atoms with van der Waals surface area (Å²) in [6.07, 6.45) is 1.08. The lowest BCUT2D eigenvalue weighted by atomic mass is 10.1. The van der Waals surface area contributed by atoms with E-state index in [1.54, 1.807) is 11.8 Å². The lowest BCUT2D eigenvalue weighted by molar-refractivity contribution is 0.0601. The van der Waals surface area contributed by atoms with Crippen LogP contribution in [0.5, 0.6) is 0 Å². The number of benzene rings is 1. The van der Waals surface area contributed by atoms with E-state index >= 15 is 0 Å². The number of carbonyl (C=O) groups is 1. The first-order chi connectivity index (χ1) is 7.99. The van der Waals surface area contributed by atoms with E-state index in [0.29, 0.717) is 16.5 Å². The van der Waals surface area contributed by atoms with Gasteiger partial charge >= 0.3 is 5.97 Å². The van der Waals surface area contributed by atoms with Crippen molar-refractivity contribution in [2.45, 2.75) is 37.3 Å². The molecule has 4 heteroatoms. The van der Waals surface area contributed by atoms with Crippen molar-refractivity contribution in [2.24, 2.45) is 0 Å². The zero-order valence-electron chi connectivity index (χ0n) is 10.7. The zero-order chi connectivity index (χ0) is 13.0. The molecule has 0 radical (unpaired) electrons. The van der Waals surface area contributed by atoms with Crippen LogP contribution >= 0.6 is 11.8 Å². The first-order valence-corrected chi connectivity index (χ1v) is 6.52. The SMILES string of the molecule is CCC(C)Sc1cc(C)c(N)c(C(=O)OC)c1. The number of ether oxygens (including phenoxy) is 1. The van der Waals surface area contributed by atoms with Crippen LogP contribution in [0.1, 0.15) is 36.2 Å². The van der Waals surface area contributed by atoms with Gasteiger partial charge in [0.25, 0.3) is 0 Å². The molecule has 1 unspecified atom stereocenters. The molecule has 1 aromatic carbocycles. The Bertz CT molecular complexity index is 418. The summed E-state index contributed by atoms with van der Waals surface area (Å²) >= 11 is 1.75. The third kappa shape index (κ3) is 3.40. The largest absolute Gasteiger partial charge is 0.465 e. The van der Waals surface area contributed by atoms with Gasteiger partial charge in [-0.2, -0.15) is 0 Å². The van der Waals surface area contributed by atoms with Crippen molar-refractivity contribution in [2.75, 3.05) is 12.8 Å². The molecule has 0 amide bonds. The van der Waals surface area contributed by atoms with E-state index in [2.05, 4.69) is 13.8 Å². The molecule has 1 aromatic rings. The second-order valence-corrected chi connectivity index (χ2v) is 5.54. The quantitative estimate of drug-likeness (QED) is 0.508. The highest BCUT2D eigenvalue weighted by molar-refractivity contribution is 7.99. The Morgan fingerprint density at radius 1 is 1.53 bits per heavy atom. The summed E-state index contributed by atoms with van der Waals surface area (Å²) in [4.78, 5) is 12.6. The number of carbonyl (C=O) groups excluding carboxylic acids is 1. The van der Waals surface area contributed by atoms with Gasteiger partial charge < -0.3 is 10.5 Å². The minimum Gasteiger partial charge on any atom is -0.465 e. The molecule has 0 aliphatic carbocycles. The first kappa shape index (κ1) is 13.9. The number of aryl methyl sites for hydroxylation is 1. The van der Waals surface area contributed by atoms with Gasteiger partial charge in [-0.3, -0.25) is 0 Å². The third-order valence-electron chi connectivity index (χ3n) is 2.68. The topological polar surface area (TPSA) is 52.3 Å². The molecule has 3 nitrogen and oxygen atoms in total. The van der Waals surface area contributed by atoms with Crippen molar-refractivity contribution in [3.8, 4) is 0 Å². The number of methoxy groups -OCH3 is 1. The van der Waals surface area contributed by atoms with E-state index in [0.717, 1.165) is 16.9 Å². The van der Waals surface area contributed by atoms with E-state index < -0.39 is 0 Å². The zero-order valence-corrected chi connectivity index (χ0v) is 11.6. The Morgan fingerprint density at radius 2 is 2.18 bits per heavy atom. The molecule has 0 saturated carbocycles. The van der Waals surface area contributed by atoms with Crippen molar-refractivity contribution in [1.82, 2.24) is 0 Å². The van der Waals surface area contributed by atoms with E-state index in [4.69, 9.17) is 10.5 Å². The molecule has 0 fully saturated rings. The fourth-order valence-corrected chi connectivity index (χ4v) is 2.49. The van der Waals surface area contributed by atoms with Crippen LogP contribution < -0.4 is 5.73 Å². The van der Waals surface area contributed by atoms with Crippen molar-refractivity contribution >= 4 is 23.4 Å². The van der Waals surface area contributed by atoms with Crippen LogP contribution in [0.15, 0.2) is 17.0 Å². The second-order valence-electron chi connectivity index (χ2n) is 4.03. The van der Waals surface area contributed by atoms with E-state index in [9.17, 15) is 4.79 Å². The van der Waals surface area contributed by atoms with Crippen molar-refractivity contribution in [3.63, 3.8) is 0 Å². The van der Waals surface area contributed by atoms with Gasteiger partial charge in [0, 0.05) is 15.8 Å². The van der Waals surface area contributed by atoms with Crippen molar-refractivity contribution in [3.05, 3.63) is 23.3 Å². The third-order valence-corrected chi connectivity index (χ3v) is 3.92. The maximum absolute atomic E-state index is 11.6. The van der Waals surface area contributed by atoms with Crippen molar-refractivity contribution < 1.29 is 9.53 Å². The average Bonchev–Trinajstić information content (AvgIpc) is 2.32. The summed E-state index contributed by atoms with van der Waals surface area (Å²) in [5, 5.41) is 0.517. The van der Waals surface area contributed by atoms with Crippen LogP contribution in [0.2, 0.25) is 0 Å². The molecular formula is C13H19NO2S. The molecule has 2 N–H and O–H groups in total. The highest BCUT2D eigenvalue weighted by Gasteiger charge is 2.14. The van der Waals surface area contributed by atoms with Gasteiger partial charge in [-0.25, -0.2) is 4.79 Å². The summed E-state index contributed by atoms with van der Waals surface area (Å²) in [5.41, 5.74) is 7.76. The molecule has 0 aromatic heterocycles. The Labute approximate surface area is 107 Å². The van der Waals surface area contributed by atoms with Gasteiger partial charge in [-0.05, 0) is 31.0 Å². The molecule has 0 saturated heterocycles. The van der Waals surface area contributed by atoms with E-state index in [1.165, 1.54) is 7.11 Å². The van der Waals surface area contributed by atoms with Crippen molar-refractivity contribution in [1.29, 1.82) is 0 Å². The number of hydrogen-bond acceptors (Lipinski definition) is 4. The monoisotopic (exact) mass is 253 g/mol. The maximum Gasteiger partial charge on any atom is 0.340 e. The summed E-state index contributed by atoms with van der Waals surface area (Å²) in [6.45, 7) is 6.21. The highest BCUT2D eigenvalue weighted by atomic mass is 32.2. The maximum atomic E-state index is 11.6. The molecule has 0 heterocycles. The van der Waals surface area contributed by atoms with Crippen LogP contribution in [0.4, 0.5) is 5.69 Å². The number of esters is 1. The smallest absolute Gasteiger partial charge is 0.340 e. The van der Waals surface area contributed by atoms with E-state index in [-0.39, 0.29) is 5.97 Å². The normalized spacial score (nSPS) is 12.2. The van der Waals surface area contributed by atoms with Crippen LogP contribution in [0.3, 0.4) is 0 Å². The summed E-state index contributed by atoms with van der Waals surface area (Å²) < 4.78 is 4.73. The summed E-state index contributed by atoms with van der Waals surface area (Å²) in [6, 6.07) is 3.82. The Morgan fingerprint density at radius 3 is 2.71 bits per heavy atom. The molecule has 94 valence electrons. The minimum atomic E-state index is -0.378. The molecule has 0 aliphatic rings. The second kappa shape index (κ2) is 5.96. The highest BCUT2D eigenvalue weighted by Crippen LogP contribution is 2.30. The molecular weight excluding hydrogens is 234 g/mol.